The van der Waals surface area contributed by atoms with Crippen LogP contribution in [0.15, 0.2) is 48.5 Å². The zero-order chi connectivity index (χ0) is 18.5. The molecule has 0 radical (unpaired) electrons. The van der Waals surface area contributed by atoms with Gasteiger partial charge in [-0.15, -0.1) is 0 Å². The van der Waals surface area contributed by atoms with Crippen molar-refractivity contribution in [1.82, 2.24) is 0 Å². The van der Waals surface area contributed by atoms with E-state index in [-0.39, 0.29) is 0 Å². The van der Waals surface area contributed by atoms with Gasteiger partial charge in [0.05, 0.1) is 13.2 Å². The van der Waals surface area contributed by atoms with Crippen LogP contribution in [-0.4, -0.2) is 41.4 Å². The van der Waals surface area contributed by atoms with Gasteiger partial charge in [0.15, 0.2) is 5.11 Å². The molecule has 0 aromatic heterocycles. The van der Waals surface area contributed by atoms with Crippen molar-refractivity contribution in [3.63, 3.8) is 0 Å². The van der Waals surface area contributed by atoms with Gasteiger partial charge in [0, 0.05) is 11.4 Å². The molecule has 0 bridgehead atoms. The van der Waals surface area contributed by atoms with Crippen LogP contribution in [0.3, 0.4) is 0 Å². The summed E-state index contributed by atoms with van der Waals surface area (Å²) in [6, 6.07) is 15.3. The molecular formula is C18H24ClGaN2O2S. The Morgan fingerprint density at radius 3 is 1.48 bits per heavy atom. The summed E-state index contributed by atoms with van der Waals surface area (Å²) in [5, 5.41) is 6.80. The van der Waals surface area contributed by atoms with Crippen LogP contribution in [0.25, 0.3) is 0 Å². The molecule has 0 atom stereocenters. The molecule has 0 aliphatic carbocycles. The number of hydrogen-bond acceptors (Lipinski definition) is 3. The molecule has 134 valence electrons. The van der Waals surface area contributed by atoms with Crippen LogP contribution in [0.1, 0.15) is 13.8 Å². The van der Waals surface area contributed by atoms with E-state index in [1.54, 1.807) is 0 Å². The number of halogens is 1. The first-order valence-corrected chi connectivity index (χ1v) is 12.1. The van der Waals surface area contributed by atoms with Crippen LogP contribution in [0.5, 0.6) is 11.5 Å². The molecule has 2 aromatic rings. The van der Waals surface area contributed by atoms with Gasteiger partial charge in [0.1, 0.15) is 11.5 Å². The third kappa shape index (κ3) is 9.06. The van der Waals surface area contributed by atoms with Gasteiger partial charge in [-0.1, -0.05) is 0 Å². The summed E-state index contributed by atoms with van der Waals surface area (Å²) >= 11 is 11.3. The SMILES string of the molecule is CCOc1ccc(NC(=S)Nc2ccc(OCC)cc2)cc1.Cl[CH2][GaH2]. The summed E-state index contributed by atoms with van der Waals surface area (Å²) in [6.07, 6.45) is 0. The van der Waals surface area contributed by atoms with E-state index in [1.165, 1.54) is 0 Å². The molecule has 0 saturated heterocycles. The van der Waals surface area contributed by atoms with Crippen molar-refractivity contribution in [3.8, 4) is 11.5 Å². The molecule has 4 nitrogen and oxygen atoms in total. The Kier molecular flexibility index (Phi) is 11.2. The van der Waals surface area contributed by atoms with Crippen molar-refractivity contribution in [1.29, 1.82) is 0 Å². The first kappa shape index (κ1) is 21.7. The van der Waals surface area contributed by atoms with E-state index in [1.807, 2.05) is 62.4 Å². The van der Waals surface area contributed by atoms with Crippen LogP contribution in [-0.2, 0) is 0 Å². The summed E-state index contributed by atoms with van der Waals surface area (Å²) in [6.45, 7) is 5.24. The van der Waals surface area contributed by atoms with Crippen molar-refractivity contribution < 1.29 is 9.47 Å². The Hall–Kier alpha value is -1.34. The minimum atomic E-state index is 0.535. The zero-order valence-corrected chi connectivity index (χ0v) is 20.6. The normalized spacial score (nSPS) is 9.40. The predicted molar refractivity (Wildman–Crippen MR) is 114 cm³/mol. The fraction of sp³-hybridized carbons (Fsp3) is 0.278. The summed E-state index contributed by atoms with van der Waals surface area (Å²) in [5.41, 5.74) is 1.82. The molecule has 0 spiro atoms. The van der Waals surface area contributed by atoms with Gasteiger partial charge >= 0.3 is 34.6 Å². The van der Waals surface area contributed by atoms with Crippen molar-refractivity contribution in [2.75, 3.05) is 28.3 Å². The number of benzene rings is 2. The molecule has 0 heterocycles. The van der Waals surface area contributed by atoms with E-state index < -0.39 is 0 Å². The maximum absolute atomic E-state index is 5.40. The molecule has 0 aliphatic heterocycles. The van der Waals surface area contributed by atoms with Gasteiger partial charge in [-0.3, -0.25) is 0 Å². The second-order valence-corrected chi connectivity index (χ2v) is 9.07. The molecule has 0 amide bonds. The molecule has 2 aromatic carbocycles. The van der Waals surface area contributed by atoms with E-state index in [9.17, 15) is 0 Å². The van der Waals surface area contributed by atoms with Crippen molar-refractivity contribution in [2.45, 2.75) is 13.8 Å². The Morgan fingerprint density at radius 1 is 0.880 bits per heavy atom. The van der Waals surface area contributed by atoms with E-state index in [2.05, 4.69) is 10.6 Å². The Morgan fingerprint density at radius 2 is 1.20 bits per heavy atom. The van der Waals surface area contributed by atoms with Crippen LogP contribution in [0.4, 0.5) is 11.4 Å². The molecule has 0 unspecified atom stereocenters. The van der Waals surface area contributed by atoms with E-state index in [0.717, 1.165) is 45.9 Å². The molecule has 0 saturated carbocycles. The number of anilines is 2. The van der Waals surface area contributed by atoms with E-state index in [0.29, 0.717) is 18.3 Å². The monoisotopic (exact) mass is 436 g/mol. The van der Waals surface area contributed by atoms with Gasteiger partial charge in [-0.2, -0.15) is 0 Å². The van der Waals surface area contributed by atoms with Gasteiger partial charge in [0.2, 0.25) is 0 Å². The van der Waals surface area contributed by atoms with Gasteiger partial charge in [-0.25, -0.2) is 0 Å². The first-order valence-electron chi connectivity index (χ1n) is 8.22. The van der Waals surface area contributed by atoms with Crippen molar-refractivity contribution in [2.24, 2.45) is 0 Å². The quantitative estimate of drug-likeness (QED) is 0.404. The Bertz CT molecular complexity index is 570. The summed E-state index contributed by atoms with van der Waals surface area (Å²) in [5.74, 6) is 1.69. The van der Waals surface area contributed by atoms with Crippen LogP contribution in [0, 0.1) is 0 Å². The van der Waals surface area contributed by atoms with Gasteiger partial charge in [0.25, 0.3) is 0 Å². The van der Waals surface area contributed by atoms with Gasteiger partial charge in [-0.05, 0) is 74.6 Å². The van der Waals surface area contributed by atoms with Crippen LogP contribution >= 0.6 is 23.8 Å². The third-order valence-corrected chi connectivity index (χ3v) is 3.05. The van der Waals surface area contributed by atoms with Crippen molar-refractivity contribution >= 4 is 58.9 Å². The van der Waals surface area contributed by atoms with Crippen LogP contribution in [0.2, 0.25) is 0 Å². The summed E-state index contributed by atoms with van der Waals surface area (Å²) in [7, 11) is 0. The van der Waals surface area contributed by atoms with E-state index in [4.69, 9.17) is 33.3 Å². The second kappa shape index (κ2) is 12.9. The molecule has 0 aliphatic rings. The van der Waals surface area contributed by atoms with Gasteiger partial charge < -0.3 is 20.1 Å². The fourth-order valence-corrected chi connectivity index (χ4v) is 2.13. The van der Waals surface area contributed by atoms with E-state index >= 15 is 0 Å². The third-order valence-electron chi connectivity index (χ3n) is 2.85. The molecule has 25 heavy (non-hydrogen) atoms. The molecule has 7 heteroatoms. The fourth-order valence-electron chi connectivity index (χ4n) is 1.90. The number of hydrogen-bond donors (Lipinski definition) is 2. The Labute approximate surface area is 170 Å². The molecule has 0 fully saturated rings. The molecular weight excluding hydrogens is 413 g/mol. The molecule has 2 rings (SSSR count). The number of ether oxygens (including phenoxy) is 2. The average Bonchev–Trinajstić information content (AvgIpc) is 2.60. The first-order chi connectivity index (χ1) is 12.1. The number of thiocarbonyl (C=S) groups is 1. The summed E-state index contributed by atoms with van der Waals surface area (Å²) < 4.78 is 11.7. The minimum absolute atomic E-state index is 0.535. The second-order valence-electron chi connectivity index (χ2n) is 4.76. The number of rotatable bonds is 6. The topological polar surface area (TPSA) is 42.5 Å². The summed E-state index contributed by atoms with van der Waals surface area (Å²) in [4.78, 5) is 0. The number of alkyl halides is 1. The predicted octanol–water partition coefficient (Wildman–Crippen LogP) is 4.11. The zero-order valence-electron chi connectivity index (χ0n) is 14.8. The van der Waals surface area contributed by atoms with Crippen LogP contribution < -0.4 is 20.1 Å². The van der Waals surface area contributed by atoms with Crippen molar-refractivity contribution in [3.05, 3.63) is 48.5 Å². The average molecular weight is 438 g/mol. The molecule has 2 N–H and O–H groups in total. The maximum atomic E-state index is 5.40. The number of nitrogens with one attached hydrogen (secondary N) is 2. The standard InChI is InChI=1S/C17H20N2O2S.CH2Cl.Ga.2H/c1-3-20-15-9-5-13(6-10-15)18-17(22)19-14-7-11-16(12-8-14)21-4-2;1-2;;;/h5-12H,3-4H2,1-2H3,(H2,18,19,22);1H2;;;. The Balaban J connectivity index is 0.000000970.